The molecule has 9 heteroatoms. The molecule has 2 aromatic heterocycles. The number of hydrogen-bond donors (Lipinski definition) is 3. The van der Waals surface area contributed by atoms with Crippen LogP contribution in [-0.4, -0.2) is 32.2 Å². The van der Waals surface area contributed by atoms with Gasteiger partial charge in [0, 0.05) is 41.6 Å². The maximum atomic E-state index is 14.8. The number of alkyl halides is 1. The van der Waals surface area contributed by atoms with E-state index < -0.39 is 5.67 Å². The minimum Gasteiger partial charge on any atom is -0.393 e. The Labute approximate surface area is 189 Å². The third kappa shape index (κ3) is 6.31. The number of pyridine rings is 1. The summed E-state index contributed by atoms with van der Waals surface area (Å²) in [5, 5.41) is 16.9. The van der Waals surface area contributed by atoms with Gasteiger partial charge in [-0.05, 0) is 63.1 Å². The number of nitrogens with one attached hydrogen (secondary N) is 2. The van der Waals surface area contributed by atoms with Crippen molar-refractivity contribution >= 4 is 30.2 Å². The molecule has 1 fully saturated rings. The molecule has 0 amide bonds. The van der Waals surface area contributed by atoms with E-state index in [1.807, 2.05) is 12.3 Å². The highest BCUT2D eigenvalue weighted by molar-refractivity contribution is 7.38. The Morgan fingerprint density at radius 3 is 2.58 bits per heavy atom. The normalized spacial score (nSPS) is 22.3. The summed E-state index contributed by atoms with van der Waals surface area (Å²) in [6.45, 7) is 7.66. The quantitative estimate of drug-likeness (QED) is 0.520. The van der Waals surface area contributed by atoms with Crippen LogP contribution in [0.2, 0.25) is 0 Å². The molecule has 5 atom stereocenters. The molecule has 0 radical (unpaired) electrons. The monoisotopic (exact) mass is 465 g/mol. The summed E-state index contributed by atoms with van der Waals surface area (Å²) in [4.78, 5) is 13.0. The summed E-state index contributed by atoms with van der Waals surface area (Å²) in [5.41, 5.74) is 0.997. The van der Waals surface area contributed by atoms with Gasteiger partial charge in [0.05, 0.1) is 6.10 Å². The molecule has 1 aliphatic rings. The van der Waals surface area contributed by atoms with E-state index in [2.05, 4.69) is 57.9 Å². The topological polar surface area (TPSA) is 83.0 Å². The van der Waals surface area contributed by atoms with Crippen LogP contribution in [-0.2, 0) is 17.1 Å². The SMILES string of the molecule is C[C@@H]1CC[C@H](Nc2nc(NCc3cnccc3C(C)(P)P)ncc2C(C)(C)F)CC1O. The molecule has 6 nitrogen and oxygen atoms in total. The molecular weight excluding hydrogens is 431 g/mol. The van der Waals surface area contributed by atoms with E-state index in [1.54, 1.807) is 12.4 Å². The number of nitrogens with zero attached hydrogens (tertiary/aromatic N) is 3. The van der Waals surface area contributed by atoms with Crippen molar-refractivity contribution in [2.24, 2.45) is 5.92 Å². The predicted molar refractivity (Wildman–Crippen MR) is 131 cm³/mol. The molecule has 0 aromatic carbocycles. The first-order valence-corrected chi connectivity index (χ1v) is 11.9. The van der Waals surface area contributed by atoms with Crippen LogP contribution in [0.5, 0.6) is 0 Å². The van der Waals surface area contributed by atoms with Gasteiger partial charge in [-0.25, -0.2) is 9.37 Å². The van der Waals surface area contributed by atoms with Crippen molar-refractivity contribution in [2.75, 3.05) is 10.6 Å². The molecule has 3 unspecified atom stereocenters. The van der Waals surface area contributed by atoms with E-state index in [1.165, 1.54) is 13.8 Å². The van der Waals surface area contributed by atoms with Gasteiger partial charge in [0.25, 0.3) is 0 Å². The smallest absolute Gasteiger partial charge is 0.224 e. The average molecular weight is 465 g/mol. The number of anilines is 2. The second-order valence-electron chi connectivity index (χ2n) is 9.30. The third-order valence-corrected chi connectivity index (χ3v) is 6.47. The molecule has 2 aromatic rings. The van der Waals surface area contributed by atoms with Gasteiger partial charge >= 0.3 is 0 Å². The summed E-state index contributed by atoms with van der Waals surface area (Å²) < 4.78 is 14.8. The van der Waals surface area contributed by atoms with E-state index in [9.17, 15) is 9.50 Å². The molecule has 0 spiro atoms. The number of halogens is 1. The lowest BCUT2D eigenvalue weighted by Crippen LogP contribution is -2.35. The number of rotatable bonds is 7. The van der Waals surface area contributed by atoms with Crippen molar-refractivity contribution in [3.05, 3.63) is 41.3 Å². The molecule has 3 rings (SSSR count). The number of aliphatic hydroxyl groups excluding tert-OH is 1. The first kappa shape index (κ1) is 24.2. The maximum Gasteiger partial charge on any atom is 0.224 e. The fraction of sp³-hybridized carbons (Fsp3) is 0.591. The van der Waals surface area contributed by atoms with E-state index in [0.717, 1.165) is 24.0 Å². The van der Waals surface area contributed by atoms with Crippen LogP contribution < -0.4 is 10.6 Å². The highest BCUT2D eigenvalue weighted by Gasteiger charge is 2.30. The summed E-state index contributed by atoms with van der Waals surface area (Å²) in [7, 11) is 5.64. The fourth-order valence-electron chi connectivity index (χ4n) is 3.90. The van der Waals surface area contributed by atoms with Gasteiger partial charge in [-0.1, -0.05) is 6.92 Å². The number of aliphatic hydroxyl groups is 1. The lowest BCUT2D eigenvalue weighted by Gasteiger charge is -2.32. The Morgan fingerprint density at radius 1 is 1.19 bits per heavy atom. The highest BCUT2D eigenvalue weighted by Crippen LogP contribution is 2.39. The van der Waals surface area contributed by atoms with Crippen molar-refractivity contribution in [1.29, 1.82) is 0 Å². The number of aromatic nitrogens is 3. The molecule has 0 aliphatic heterocycles. The van der Waals surface area contributed by atoms with E-state index >= 15 is 0 Å². The van der Waals surface area contributed by atoms with Gasteiger partial charge in [0.15, 0.2) is 0 Å². The van der Waals surface area contributed by atoms with Crippen molar-refractivity contribution in [2.45, 2.75) is 76.2 Å². The van der Waals surface area contributed by atoms with Crippen molar-refractivity contribution in [3.63, 3.8) is 0 Å². The van der Waals surface area contributed by atoms with E-state index in [0.29, 0.717) is 30.3 Å². The van der Waals surface area contributed by atoms with E-state index in [4.69, 9.17) is 0 Å². The molecular formula is C22H34FN5OP2. The van der Waals surface area contributed by atoms with Crippen molar-refractivity contribution < 1.29 is 9.50 Å². The van der Waals surface area contributed by atoms with Crippen LogP contribution in [0.15, 0.2) is 24.7 Å². The Hall–Kier alpha value is -1.42. The lowest BCUT2D eigenvalue weighted by molar-refractivity contribution is 0.0739. The predicted octanol–water partition coefficient (Wildman–Crippen LogP) is 4.57. The van der Waals surface area contributed by atoms with Gasteiger partial charge in [0.2, 0.25) is 5.95 Å². The molecule has 3 N–H and O–H groups in total. The van der Waals surface area contributed by atoms with Gasteiger partial charge in [-0.2, -0.15) is 4.98 Å². The van der Waals surface area contributed by atoms with Crippen molar-refractivity contribution in [3.8, 4) is 0 Å². The molecule has 1 saturated carbocycles. The zero-order valence-corrected chi connectivity index (χ0v) is 21.0. The van der Waals surface area contributed by atoms with Gasteiger partial charge in [-0.15, -0.1) is 18.5 Å². The first-order valence-electron chi connectivity index (χ1n) is 10.7. The highest BCUT2D eigenvalue weighted by atomic mass is 31.1. The standard InChI is InChI=1S/C22H34FN5OP2/c1-13-5-6-15(9-18(13)29)27-19-17(21(2,3)23)12-26-20(28-19)25-11-14-10-24-8-7-16(14)22(4,30)31/h7-8,10,12-13,15,18,29H,5-6,9,11,30-31H2,1-4H3,(H2,25,26,27,28)/t13-,15+,18?/m1/s1. The zero-order chi connectivity index (χ0) is 22.8. The lowest BCUT2D eigenvalue weighted by atomic mass is 9.84. The summed E-state index contributed by atoms with van der Waals surface area (Å²) in [5.74, 6) is 1.18. The zero-order valence-electron chi connectivity index (χ0n) is 18.7. The summed E-state index contributed by atoms with van der Waals surface area (Å²) in [6.07, 6.45) is 7.26. The molecule has 0 bridgehead atoms. The Balaban J connectivity index is 1.81. The van der Waals surface area contributed by atoms with Gasteiger partial charge in [-0.3, -0.25) is 4.98 Å². The van der Waals surface area contributed by atoms with Gasteiger partial charge < -0.3 is 15.7 Å². The molecule has 2 heterocycles. The summed E-state index contributed by atoms with van der Waals surface area (Å²) in [6, 6.07) is 2.05. The number of hydrogen-bond acceptors (Lipinski definition) is 6. The molecule has 1 aliphatic carbocycles. The van der Waals surface area contributed by atoms with Crippen LogP contribution in [0, 0.1) is 5.92 Å². The third-order valence-electron chi connectivity index (χ3n) is 5.84. The molecule has 31 heavy (non-hydrogen) atoms. The maximum absolute atomic E-state index is 14.8. The van der Waals surface area contributed by atoms with Crippen LogP contribution in [0.25, 0.3) is 0 Å². The second kappa shape index (κ2) is 9.60. The van der Waals surface area contributed by atoms with E-state index in [-0.39, 0.29) is 23.0 Å². The Morgan fingerprint density at radius 2 is 1.94 bits per heavy atom. The first-order chi connectivity index (χ1) is 14.4. The fourth-order valence-corrected chi connectivity index (χ4v) is 4.47. The van der Waals surface area contributed by atoms with Crippen LogP contribution in [0.4, 0.5) is 16.2 Å². The minimum atomic E-state index is -1.58. The largest absolute Gasteiger partial charge is 0.393 e. The second-order valence-corrected chi connectivity index (χ2v) is 12.4. The Kier molecular flexibility index (Phi) is 7.50. The summed E-state index contributed by atoms with van der Waals surface area (Å²) >= 11 is 0. The van der Waals surface area contributed by atoms with Crippen LogP contribution >= 0.6 is 18.5 Å². The average Bonchev–Trinajstić information content (AvgIpc) is 2.68. The molecule has 170 valence electrons. The van der Waals surface area contributed by atoms with Crippen molar-refractivity contribution in [1.82, 2.24) is 15.0 Å². The Bertz CT molecular complexity index is 900. The minimum absolute atomic E-state index is 0.0508. The van der Waals surface area contributed by atoms with Gasteiger partial charge in [0.1, 0.15) is 11.5 Å². The van der Waals surface area contributed by atoms with Crippen LogP contribution in [0.3, 0.4) is 0 Å². The molecule has 0 saturated heterocycles. The van der Waals surface area contributed by atoms with Crippen LogP contribution in [0.1, 0.15) is 63.6 Å².